The molecule has 1 aromatic heterocycles. The van der Waals surface area contributed by atoms with Crippen LogP contribution in [0.1, 0.15) is 11.5 Å². The fraction of sp³-hybridized carbons (Fsp3) is 0.400. The van der Waals surface area contributed by atoms with Crippen LogP contribution in [0.5, 0.6) is 0 Å². The maximum Gasteiger partial charge on any atom is 0.436 e. The number of anilines is 1. The summed E-state index contributed by atoms with van der Waals surface area (Å²) in [6.45, 7) is 1.16. The molecule has 3 nitrogen and oxygen atoms in total. The van der Waals surface area contributed by atoms with Crippen molar-refractivity contribution in [2.24, 2.45) is 0 Å². The number of hydrogen-bond donors (Lipinski definition) is 1. The van der Waals surface area contributed by atoms with Crippen molar-refractivity contribution in [3.63, 3.8) is 0 Å². The number of oxazole rings is 1. The first kappa shape index (κ1) is 7.90. The largest absolute Gasteiger partial charge is 0.436 e. The second-order valence-electron chi connectivity index (χ2n) is 1.95. The Balaban J connectivity index is 3.13. The van der Waals surface area contributed by atoms with Crippen LogP contribution in [-0.2, 0) is 6.18 Å². The lowest BCUT2D eigenvalue weighted by molar-refractivity contribution is -0.141. The van der Waals surface area contributed by atoms with E-state index in [0.29, 0.717) is 0 Å². The number of aromatic nitrogens is 1. The van der Waals surface area contributed by atoms with Gasteiger partial charge in [-0.15, -0.1) is 0 Å². The standard InChI is InChI=1S/C5H5F3N2O/c1-2-3(5(6,7)8)10-4(9)11-2/h1H3,(H2,9,10). The highest BCUT2D eigenvalue weighted by atomic mass is 19.4. The van der Waals surface area contributed by atoms with E-state index < -0.39 is 17.9 Å². The van der Waals surface area contributed by atoms with Gasteiger partial charge in [-0.1, -0.05) is 0 Å². The first-order valence-corrected chi connectivity index (χ1v) is 2.71. The Hall–Kier alpha value is -1.20. The van der Waals surface area contributed by atoms with E-state index in [1.807, 2.05) is 0 Å². The van der Waals surface area contributed by atoms with Gasteiger partial charge in [0.2, 0.25) is 0 Å². The molecule has 0 saturated heterocycles. The fourth-order valence-corrected chi connectivity index (χ4v) is 0.680. The van der Waals surface area contributed by atoms with Gasteiger partial charge in [-0.3, -0.25) is 0 Å². The van der Waals surface area contributed by atoms with Gasteiger partial charge in [0.1, 0.15) is 5.76 Å². The van der Waals surface area contributed by atoms with Crippen LogP contribution in [0.15, 0.2) is 4.42 Å². The number of nitrogen functional groups attached to an aromatic ring is 1. The number of nitrogens with two attached hydrogens (primary N) is 1. The number of halogens is 3. The number of hydrogen-bond acceptors (Lipinski definition) is 3. The van der Waals surface area contributed by atoms with Crippen molar-refractivity contribution in [2.45, 2.75) is 13.1 Å². The molecule has 0 bridgehead atoms. The zero-order chi connectivity index (χ0) is 8.65. The van der Waals surface area contributed by atoms with Crippen LogP contribution >= 0.6 is 0 Å². The molecule has 1 aromatic rings. The van der Waals surface area contributed by atoms with Crippen molar-refractivity contribution in [3.8, 4) is 0 Å². The molecule has 0 aliphatic carbocycles. The zero-order valence-electron chi connectivity index (χ0n) is 5.57. The molecule has 0 spiro atoms. The van der Waals surface area contributed by atoms with Gasteiger partial charge in [-0.2, -0.15) is 18.2 Å². The molecule has 0 atom stereocenters. The summed E-state index contributed by atoms with van der Waals surface area (Å²) in [5, 5.41) is 0. The van der Waals surface area contributed by atoms with E-state index in [0.717, 1.165) is 6.92 Å². The van der Waals surface area contributed by atoms with Crippen molar-refractivity contribution in [1.82, 2.24) is 4.98 Å². The predicted molar refractivity (Wildman–Crippen MR) is 30.7 cm³/mol. The van der Waals surface area contributed by atoms with Gasteiger partial charge in [0, 0.05) is 0 Å². The summed E-state index contributed by atoms with van der Waals surface area (Å²) in [6.07, 6.45) is -4.48. The Kier molecular flexibility index (Phi) is 1.54. The Labute approximate surface area is 60.0 Å². The summed E-state index contributed by atoms with van der Waals surface area (Å²) in [4.78, 5) is 2.97. The van der Waals surface area contributed by atoms with Gasteiger partial charge < -0.3 is 10.2 Å². The van der Waals surface area contributed by atoms with E-state index in [4.69, 9.17) is 5.73 Å². The summed E-state index contributed by atoms with van der Waals surface area (Å²) >= 11 is 0. The summed E-state index contributed by atoms with van der Waals surface area (Å²) in [5.74, 6) is -0.310. The lowest BCUT2D eigenvalue weighted by atomic mass is 10.4. The SMILES string of the molecule is Cc1oc(N)nc1C(F)(F)F. The van der Waals surface area contributed by atoms with Gasteiger partial charge >= 0.3 is 6.18 Å². The summed E-state index contributed by atoms with van der Waals surface area (Å²) in [7, 11) is 0. The molecule has 0 aliphatic rings. The van der Waals surface area contributed by atoms with Crippen LogP contribution in [0.4, 0.5) is 19.2 Å². The van der Waals surface area contributed by atoms with E-state index in [1.54, 1.807) is 0 Å². The second-order valence-corrected chi connectivity index (χ2v) is 1.95. The lowest BCUT2D eigenvalue weighted by Crippen LogP contribution is -2.07. The Morgan fingerprint density at radius 2 is 2.00 bits per heavy atom. The minimum Gasteiger partial charge on any atom is -0.429 e. The summed E-state index contributed by atoms with van der Waals surface area (Å²) in [5.41, 5.74) is 3.84. The van der Waals surface area contributed by atoms with Gasteiger partial charge in [-0.05, 0) is 6.92 Å². The van der Waals surface area contributed by atoms with Gasteiger partial charge in [0.05, 0.1) is 0 Å². The van der Waals surface area contributed by atoms with Crippen LogP contribution in [-0.4, -0.2) is 4.98 Å². The number of aryl methyl sites for hydroxylation is 1. The van der Waals surface area contributed by atoms with Crippen LogP contribution < -0.4 is 5.73 Å². The van der Waals surface area contributed by atoms with Crippen molar-refractivity contribution < 1.29 is 17.6 Å². The summed E-state index contributed by atoms with van der Waals surface area (Å²) < 4.78 is 40.0. The molecule has 0 unspecified atom stereocenters. The van der Waals surface area contributed by atoms with Crippen molar-refractivity contribution in [1.29, 1.82) is 0 Å². The van der Waals surface area contributed by atoms with E-state index >= 15 is 0 Å². The minimum atomic E-state index is -4.48. The highest BCUT2D eigenvalue weighted by molar-refractivity contribution is 5.21. The first-order valence-electron chi connectivity index (χ1n) is 2.71. The molecule has 1 heterocycles. The third-order valence-electron chi connectivity index (χ3n) is 1.08. The molecule has 0 radical (unpaired) electrons. The Morgan fingerprint density at radius 3 is 2.18 bits per heavy atom. The molecule has 0 amide bonds. The molecule has 0 saturated carbocycles. The third kappa shape index (κ3) is 1.44. The van der Waals surface area contributed by atoms with E-state index in [9.17, 15) is 13.2 Å². The maximum absolute atomic E-state index is 11.9. The van der Waals surface area contributed by atoms with Crippen molar-refractivity contribution in [3.05, 3.63) is 11.5 Å². The molecule has 0 fully saturated rings. The molecule has 2 N–H and O–H groups in total. The molecule has 11 heavy (non-hydrogen) atoms. The fourth-order valence-electron chi connectivity index (χ4n) is 0.680. The highest BCUT2D eigenvalue weighted by Gasteiger charge is 2.37. The molecule has 62 valence electrons. The van der Waals surface area contributed by atoms with Crippen molar-refractivity contribution >= 4 is 6.01 Å². The molecule has 1 rings (SSSR count). The number of alkyl halides is 3. The molecule has 0 aliphatic heterocycles. The second kappa shape index (κ2) is 2.14. The number of rotatable bonds is 0. The lowest BCUT2D eigenvalue weighted by Gasteiger charge is -2.00. The van der Waals surface area contributed by atoms with E-state index in [2.05, 4.69) is 9.40 Å². The topological polar surface area (TPSA) is 52.0 Å². The molecular formula is C5H5F3N2O. The third-order valence-corrected chi connectivity index (χ3v) is 1.08. The van der Waals surface area contributed by atoms with Crippen LogP contribution in [0, 0.1) is 6.92 Å². The van der Waals surface area contributed by atoms with Gasteiger partial charge in [0.15, 0.2) is 5.69 Å². The van der Waals surface area contributed by atoms with Gasteiger partial charge in [0.25, 0.3) is 6.01 Å². The predicted octanol–water partition coefficient (Wildman–Crippen LogP) is 1.58. The Bertz CT molecular complexity index is 265. The van der Waals surface area contributed by atoms with Crippen LogP contribution in [0.3, 0.4) is 0 Å². The smallest absolute Gasteiger partial charge is 0.429 e. The molecule has 0 aromatic carbocycles. The molecule has 6 heteroatoms. The number of nitrogens with zero attached hydrogens (tertiary/aromatic N) is 1. The minimum absolute atomic E-state index is 0.310. The Morgan fingerprint density at radius 1 is 1.45 bits per heavy atom. The van der Waals surface area contributed by atoms with Crippen molar-refractivity contribution in [2.75, 3.05) is 5.73 Å². The average molecular weight is 166 g/mol. The monoisotopic (exact) mass is 166 g/mol. The van der Waals surface area contributed by atoms with Crippen LogP contribution in [0.25, 0.3) is 0 Å². The first-order chi connectivity index (χ1) is 4.91. The highest BCUT2D eigenvalue weighted by Crippen LogP contribution is 2.31. The quantitative estimate of drug-likeness (QED) is 0.636. The molecular weight excluding hydrogens is 161 g/mol. The maximum atomic E-state index is 11.9. The van der Waals surface area contributed by atoms with E-state index in [1.165, 1.54) is 0 Å². The van der Waals surface area contributed by atoms with Crippen LogP contribution in [0.2, 0.25) is 0 Å². The zero-order valence-corrected chi connectivity index (χ0v) is 5.57. The van der Waals surface area contributed by atoms with Gasteiger partial charge in [-0.25, -0.2) is 0 Å². The summed E-state index contributed by atoms with van der Waals surface area (Å²) in [6, 6.07) is -0.463. The normalized spacial score (nSPS) is 12.0. The van der Waals surface area contributed by atoms with E-state index in [-0.39, 0.29) is 5.76 Å². The average Bonchev–Trinajstić information content (AvgIpc) is 2.08.